The highest BCUT2D eigenvalue weighted by atomic mass is 35.5. The van der Waals surface area contributed by atoms with E-state index in [1.165, 1.54) is 7.11 Å². The Hall–Kier alpha value is -1.92. The number of furan rings is 1. The Morgan fingerprint density at radius 2 is 2.04 bits per heavy atom. The maximum atomic E-state index is 12.3. The predicted octanol–water partition coefficient (Wildman–Crippen LogP) is 3.62. The molecule has 1 N–H and O–H groups in total. The van der Waals surface area contributed by atoms with Crippen LogP contribution in [0.5, 0.6) is 0 Å². The lowest BCUT2D eigenvalue weighted by Gasteiger charge is -2.15. The molecule has 0 saturated carbocycles. The van der Waals surface area contributed by atoms with Gasteiger partial charge in [-0.15, -0.1) is 0 Å². The minimum absolute atomic E-state index is 0.114. The molecule has 0 radical (unpaired) electrons. The summed E-state index contributed by atoms with van der Waals surface area (Å²) in [6.07, 6.45) is 2.41. The van der Waals surface area contributed by atoms with Crippen LogP contribution in [-0.2, 0) is 9.53 Å². The van der Waals surface area contributed by atoms with Crippen LogP contribution in [-0.4, -0.2) is 37.0 Å². The number of amides is 1. The minimum Gasteiger partial charge on any atom is -0.467 e. The van der Waals surface area contributed by atoms with Gasteiger partial charge in [-0.1, -0.05) is 23.7 Å². The van der Waals surface area contributed by atoms with Crippen LogP contribution >= 0.6 is 23.4 Å². The molecule has 5 nitrogen and oxygen atoms in total. The average molecular weight is 368 g/mol. The first-order valence-corrected chi connectivity index (χ1v) is 9.06. The number of thioether (sulfide) groups is 1. The lowest BCUT2D eigenvalue weighted by Crippen LogP contribution is -2.41. The van der Waals surface area contributed by atoms with Gasteiger partial charge in [0.05, 0.1) is 12.1 Å². The van der Waals surface area contributed by atoms with E-state index >= 15 is 0 Å². The first-order chi connectivity index (χ1) is 11.6. The molecular formula is C17H18ClNO4S. The molecule has 1 amide bonds. The van der Waals surface area contributed by atoms with Crippen molar-refractivity contribution in [1.29, 1.82) is 0 Å². The van der Waals surface area contributed by atoms with Crippen molar-refractivity contribution in [1.82, 2.24) is 5.32 Å². The largest absolute Gasteiger partial charge is 0.467 e. The second kappa shape index (κ2) is 8.80. The molecular weight excluding hydrogens is 350 g/mol. The lowest BCUT2D eigenvalue weighted by molar-refractivity contribution is -0.142. The molecule has 2 rings (SSSR count). The summed E-state index contributed by atoms with van der Waals surface area (Å²) in [6.45, 7) is 0. The smallest absolute Gasteiger partial charge is 0.328 e. The molecule has 0 bridgehead atoms. The van der Waals surface area contributed by atoms with E-state index in [-0.39, 0.29) is 5.76 Å². The molecule has 1 aromatic carbocycles. The fourth-order valence-electron chi connectivity index (χ4n) is 2.12. The number of carbonyl (C=O) groups excluding carboxylic acids is 2. The molecule has 0 unspecified atom stereocenters. The zero-order chi connectivity index (χ0) is 17.5. The molecule has 24 heavy (non-hydrogen) atoms. The minimum atomic E-state index is -0.705. The maximum Gasteiger partial charge on any atom is 0.328 e. The normalized spacial score (nSPS) is 11.8. The fraction of sp³-hybridized carbons (Fsp3) is 0.294. The standard InChI is InChI=1S/C17H18ClNO4S/c1-22-17(21)13(9-10-24-2)19-16(20)15-8-7-14(23-15)11-5-3-4-6-12(11)18/h3-8,13H,9-10H2,1-2H3,(H,19,20)/t13-/m1/s1. The molecule has 0 fully saturated rings. The van der Waals surface area contributed by atoms with Crippen molar-refractivity contribution < 1.29 is 18.7 Å². The summed E-state index contributed by atoms with van der Waals surface area (Å²) >= 11 is 7.71. The van der Waals surface area contributed by atoms with Crippen molar-refractivity contribution in [2.45, 2.75) is 12.5 Å². The summed E-state index contributed by atoms with van der Waals surface area (Å²) < 4.78 is 10.3. The molecule has 1 atom stereocenters. The van der Waals surface area contributed by atoms with Crippen LogP contribution in [0.3, 0.4) is 0 Å². The fourth-order valence-corrected chi connectivity index (χ4v) is 2.82. The second-order valence-electron chi connectivity index (χ2n) is 4.97. The van der Waals surface area contributed by atoms with Gasteiger partial charge in [0.25, 0.3) is 5.91 Å². The van der Waals surface area contributed by atoms with Gasteiger partial charge in [-0.2, -0.15) is 11.8 Å². The number of rotatable bonds is 7. The Morgan fingerprint density at radius 1 is 1.29 bits per heavy atom. The van der Waals surface area contributed by atoms with E-state index in [4.69, 9.17) is 20.8 Å². The van der Waals surface area contributed by atoms with Crippen LogP contribution < -0.4 is 5.32 Å². The molecule has 0 saturated heterocycles. The van der Waals surface area contributed by atoms with E-state index in [2.05, 4.69) is 5.32 Å². The van der Waals surface area contributed by atoms with Crippen LogP contribution in [0.15, 0.2) is 40.8 Å². The number of ether oxygens (including phenoxy) is 1. The number of carbonyl (C=O) groups is 2. The Bertz CT molecular complexity index is 716. The van der Waals surface area contributed by atoms with E-state index in [1.807, 2.05) is 18.4 Å². The maximum absolute atomic E-state index is 12.3. The lowest BCUT2D eigenvalue weighted by atomic mass is 10.2. The molecule has 0 spiro atoms. The van der Waals surface area contributed by atoms with Crippen molar-refractivity contribution >= 4 is 35.2 Å². The molecule has 0 aliphatic heterocycles. The first kappa shape index (κ1) is 18.4. The molecule has 1 aromatic heterocycles. The molecule has 2 aromatic rings. The van der Waals surface area contributed by atoms with Gasteiger partial charge in [0.15, 0.2) is 5.76 Å². The van der Waals surface area contributed by atoms with Crippen molar-refractivity contribution in [3.63, 3.8) is 0 Å². The Labute approximate surface area is 149 Å². The predicted molar refractivity (Wildman–Crippen MR) is 95.4 cm³/mol. The third-order valence-electron chi connectivity index (χ3n) is 3.37. The van der Waals surface area contributed by atoms with E-state index in [1.54, 1.807) is 36.0 Å². The van der Waals surface area contributed by atoms with E-state index < -0.39 is 17.9 Å². The van der Waals surface area contributed by atoms with Gasteiger partial charge in [0, 0.05) is 5.56 Å². The number of esters is 1. The van der Waals surface area contributed by atoms with Crippen molar-refractivity contribution in [2.24, 2.45) is 0 Å². The van der Waals surface area contributed by atoms with Gasteiger partial charge in [-0.25, -0.2) is 4.79 Å². The van der Waals surface area contributed by atoms with Gasteiger partial charge in [-0.3, -0.25) is 4.79 Å². The van der Waals surface area contributed by atoms with E-state index in [0.29, 0.717) is 22.8 Å². The number of methoxy groups -OCH3 is 1. The number of halogens is 1. The zero-order valence-electron chi connectivity index (χ0n) is 13.4. The molecule has 128 valence electrons. The highest BCUT2D eigenvalue weighted by Gasteiger charge is 2.23. The van der Waals surface area contributed by atoms with Crippen LogP contribution in [0.4, 0.5) is 0 Å². The van der Waals surface area contributed by atoms with Gasteiger partial charge in [0.1, 0.15) is 11.8 Å². The SMILES string of the molecule is COC(=O)[C@@H](CCSC)NC(=O)c1ccc(-c2ccccc2Cl)o1. The highest BCUT2D eigenvalue weighted by Crippen LogP contribution is 2.29. The van der Waals surface area contributed by atoms with Crippen LogP contribution in [0.2, 0.25) is 5.02 Å². The van der Waals surface area contributed by atoms with Gasteiger partial charge in [-0.05, 0) is 42.7 Å². The summed E-state index contributed by atoms with van der Waals surface area (Å²) in [7, 11) is 1.29. The zero-order valence-corrected chi connectivity index (χ0v) is 14.9. The number of hydrogen-bond donors (Lipinski definition) is 1. The van der Waals surface area contributed by atoms with Gasteiger partial charge in [0.2, 0.25) is 0 Å². The highest BCUT2D eigenvalue weighted by molar-refractivity contribution is 7.98. The molecule has 0 aliphatic carbocycles. The van der Waals surface area contributed by atoms with Crippen LogP contribution in [0.25, 0.3) is 11.3 Å². The third-order valence-corrected chi connectivity index (χ3v) is 4.34. The Balaban J connectivity index is 2.12. The summed E-state index contributed by atoms with van der Waals surface area (Å²) in [5.41, 5.74) is 0.699. The van der Waals surface area contributed by atoms with E-state index in [9.17, 15) is 9.59 Å². The van der Waals surface area contributed by atoms with Crippen LogP contribution in [0, 0.1) is 0 Å². The van der Waals surface area contributed by atoms with Crippen molar-refractivity contribution in [2.75, 3.05) is 19.1 Å². The third kappa shape index (κ3) is 4.55. The Morgan fingerprint density at radius 3 is 2.71 bits per heavy atom. The topological polar surface area (TPSA) is 68.5 Å². The van der Waals surface area contributed by atoms with E-state index in [0.717, 1.165) is 5.75 Å². The monoisotopic (exact) mass is 367 g/mol. The quantitative estimate of drug-likeness (QED) is 0.757. The van der Waals surface area contributed by atoms with Crippen LogP contribution in [0.1, 0.15) is 17.0 Å². The van der Waals surface area contributed by atoms with Crippen molar-refractivity contribution in [3.8, 4) is 11.3 Å². The van der Waals surface area contributed by atoms with Gasteiger partial charge < -0.3 is 14.5 Å². The number of hydrogen-bond acceptors (Lipinski definition) is 5. The second-order valence-corrected chi connectivity index (χ2v) is 6.37. The summed E-state index contributed by atoms with van der Waals surface area (Å²) in [4.78, 5) is 24.1. The number of benzene rings is 1. The first-order valence-electron chi connectivity index (χ1n) is 7.29. The van der Waals surface area contributed by atoms with Gasteiger partial charge >= 0.3 is 5.97 Å². The summed E-state index contributed by atoms with van der Waals surface area (Å²) in [6, 6.07) is 9.72. The molecule has 1 heterocycles. The average Bonchev–Trinajstić information content (AvgIpc) is 3.08. The summed E-state index contributed by atoms with van der Waals surface area (Å²) in [5.74, 6) is 0.385. The molecule has 7 heteroatoms. The number of nitrogens with one attached hydrogen (secondary N) is 1. The van der Waals surface area contributed by atoms with Crippen molar-refractivity contribution in [3.05, 3.63) is 47.2 Å². The Kier molecular flexibility index (Phi) is 6.75. The summed E-state index contributed by atoms with van der Waals surface area (Å²) in [5, 5.41) is 3.18. The molecule has 0 aliphatic rings.